The van der Waals surface area contributed by atoms with Crippen LogP contribution in [-0.4, -0.2) is 39.8 Å². The van der Waals surface area contributed by atoms with E-state index in [1.54, 1.807) is 29.3 Å². The lowest BCUT2D eigenvalue weighted by molar-refractivity contribution is -0.131. The standard InChI is InChI=1S/C19H16F2N4O2/c20-14-4-5-15(21)13(9-14)11-24-8-7-23(12-19(24)27)17-10-18(26)25-6-2-1-3-16(25)22-17/h1-6,9-10H,7-8,11-12H2. The van der Waals surface area contributed by atoms with Gasteiger partial charge in [0.1, 0.15) is 23.1 Å². The zero-order valence-electron chi connectivity index (χ0n) is 14.3. The number of hydrogen-bond acceptors (Lipinski definition) is 4. The minimum atomic E-state index is -0.546. The Kier molecular flexibility index (Phi) is 4.31. The number of amides is 1. The SMILES string of the molecule is O=C1CN(c2cc(=O)n3ccccc3n2)CCN1Cc1cc(F)ccc1F. The first-order valence-corrected chi connectivity index (χ1v) is 8.46. The van der Waals surface area contributed by atoms with Gasteiger partial charge in [-0.05, 0) is 30.3 Å². The number of halogens is 2. The van der Waals surface area contributed by atoms with Crippen LogP contribution >= 0.6 is 0 Å². The number of piperazine rings is 1. The lowest BCUT2D eigenvalue weighted by atomic mass is 10.1. The molecule has 0 aliphatic carbocycles. The van der Waals surface area contributed by atoms with Crippen LogP contribution in [0.15, 0.2) is 53.5 Å². The third-order valence-electron chi connectivity index (χ3n) is 4.57. The molecule has 27 heavy (non-hydrogen) atoms. The fourth-order valence-electron chi connectivity index (χ4n) is 3.14. The molecule has 6 nitrogen and oxygen atoms in total. The number of fused-ring (bicyclic) bond motifs is 1. The Morgan fingerprint density at radius 1 is 1.04 bits per heavy atom. The summed E-state index contributed by atoms with van der Waals surface area (Å²) in [7, 11) is 0. The Balaban J connectivity index is 1.53. The highest BCUT2D eigenvalue weighted by Gasteiger charge is 2.26. The lowest BCUT2D eigenvalue weighted by Gasteiger charge is -2.35. The van der Waals surface area contributed by atoms with Crippen LogP contribution in [0.5, 0.6) is 0 Å². The summed E-state index contributed by atoms with van der Waals surface area (Å²) in [5.74, 6) is -0.898. The molecule has 2 aromatic heterocycles. The van der Waals surface area contributed by atoms with Gasteiger partial charge in [0.2, 0.25) is 5.91 Å². The quantitative estimate of drug-likeness (QED) is 0.706. The van der Waals surface area contributed by atoms with E-state index in [1.165, 1.54) is 15.4 Å². The van der Waals surface area contributed by atoms with E-state index < -0.39 is 11.6 Å². The van der Waals surface area contributed by atoms with Gasteiger partial charge in [-0.25, -0.2) is 13.8 Å². The van der Waals surface area contributed by atoms with Crippen LogP contribution in [0.25, 0.3) is 5.65 Å². The van der Waals surface area contributed by atoms with E-state index in [1.807, 2.05) is 0 Å². The molecule has 1 amide bonds. The number of hydrogen-bond donors (Lipinski definition) is 0. The highest BCUT2D eigenvalue weighted by Crippen LogP contribution is 2.17. The maximum atomic E-state index is 13.8. The molecule has 1 fully saturated rings. The van der Waals surface area contributed by atoms with Gasteiger partial charge >= 0.3 is 0 Å². The van der Waals surface area contributed by atoms with Gasteiger partial charge in [0.25, 0.3) is 5.56 Å². The molecule has 1 aliphatic rings. The van der Waals surface area contributed by atoms with E-state index in [0.29, 0.717) is 24.6 Å². The molecule has 4 rings (SSSR count). The normalized spacial score (nSPS) is 14.8. The van der Waals surface area contributed by atoms with Crippen LogP contribution in [0.1, 0.15) is 5.56 Å². The summed E-state index contributed by atoms with van der Waals surface area (Å²) in [6, 6.07) is 9.82. The van der Waals surface area contributed by atoms with Crippen molar-refractivity contribution in [2.45, 2.75) is 6.54 Å². The minimum Gasteiger partial charge on any atom is -0.345 e. The number of nitrogens with zero attached hydrogens (tertiary/aromatic N) is 4. The van der Waals surface area contributed by atoms with Crippen LogP contribution in [0.2, 0.25) is 0 Å². The molecule has 0 atom stereocenters. The first-order chi connectivity index (χ1) is 13.0. The molecule has 0 spiro atoms. The van der Waals surface area contributed by atoms with Crippen molar-refractivity contribution in [3.05, 3.63) is 76.2 Å². The van der Waals surface area contributed by atoms with Gasteiger partial charge in [-0.15, -0.1) is 0 Å². The first-order valence-electron chi connectivity index (χ1n) is 8.46. The van der Waals surface area contributed by atoms with Gasteiger partial charge < -0.3 is 9.80 Å². The molecular formula is C19H16F2N4O2. The largest absolute Gasteiger partial charge is 0.345 e. The third-order valence-corrected chi connectivity index (χ3v) is 4.57. The number of pyridine rings is 1. The fraction of sp³-hybridized carbons (Fsp3) is 0.211. The number of rotatable bonds is 3. The molecule has 0 unspecified atom stereocenters. The third kappa shape index (κ3) is 3.38. The summed E-state index contributed by atoms with van der Waals surface area (Å²) in [5, 5.41) is 0. The van der Waals surface area contributed by atoms with Crippen molar-refractivity contribution < 1.29 is 13.6 Å². The number of carbonyl (C=O) groups excluding carboxylic acids is 1. The van der Waals surface area contributed by atoms with Crippen LogP contribution in [0, 0.1) is 11.6 Å². The Labute approximate surface area is 153 Å². The Bertz CT molecular complexity index is 1080. The van der Waals surface area contributed by atoms with E-state index >= 15 is 0 Å². The smallest absolute Gasteiger partial charge is 0.259 e. The minimum absolute atomic E-state index is 0.00404. The van der Waals surface area contributed by atoms with Gasteiger partial charge in [0.15, 0.2) is 0 Å². The summed E-state index contributed by atoms with van der Waals surface area (Å²) >= 11 is 0. The Morgan fingerprint density at radius 3 is 2.70 bits per heavy atom. The second-order valence-corrected chi connectivity index (χ2v) is 6.35. The molecule has 0 radical (unpaired) electrons. The van der Waals surface area contributed by atoms with Gasteiger partial charge in [0, 0.05) is 37.5 Å². The number of anilines is 1. The zero-order valence-corrected chi connectivity index (χ0v) is 14.3. The number of benzene rings is 1. The fourth-order valence-corrected chi connectivity index (χ4v) is 3.14. The molecule has 1 aromatic carbocycles. The Hall–Kier alpha value is -3.29. The molecule has 0 N–H and O–H groups in total. The van der Waals surface area contributed by atoms with Crippen molar-refractivity contribution in [2.24, 2.45) is 0 Å². The van der Waals surface area contributed by atoms with Crippen molar-refractivity contribution in [3.63, 3.8) is 0 Å². The van der Waals surface area contributed by atoms with Gasteiger partial charge in [-0.2, -0.15) is 0 Å². The molecular weight excluding hydrogens is 354 g/mol. The summed E-state index contributed by atoms with van der Waals surface area (Å²) in [6.07, 6.45) is 1.63. The lowest BCUT2D eigenvalue weighted by Crippen LogP contribution is -2.50. The van der Waals surface area contributed by atoms with Crippen LogP contribution in [-0.2, 0) is 11.3 Å². The predicted octanol–water partition coefficient (Wildman–Crippen LogP) is 1.82. The average Bonchev–Trinajstić information content (AvgIpc) is 2.66. The molecule has 138 valence electrons. The summed E-state index contributed by atoms with van der Waals surface area (Å²) < 4.78 is 28.6. The molecule has 3 heterocycles. The number of carbonyl (C=O) groups is 1. The first kappa shape index (κ1) is 17.1. The summed E-state index contributed by atoms with van der Waals surface area (Å²) in [4.78, 5) is 32.3. The van der Waals surface area contributed by atoms with Crippen LogP contribution in [0.3, 0.4) is 0 Å². The van der Waals surface area contributed by atoms with Gasteiger partial charge in [-0.3, -0.25) is 14.0 Å². The Morgan fingerprint density at radius 2 is 1.89 bits per heavy atom. The van der Waals surface area contributed by atoms with E-state index in [-0.39, 0.29) is 30.1 Å². The van der Waals surface area contributed by atoms with Crippen LogP contribution in [0.4, 0.5) is 14.6 Å². The maximum Gasteiger partial charge on any atom is 0.259 e. The maximum absolute atomic E-state index is 13.8. The highest BCUT2D eigenvalue weighted by atomic mass is 19.1. The van der Waals surface area contributed by atoms with E-state index in [4.69, 9.17) is 0 Å². The highest BCUT2D eigenvalue weighted by molar-refractivity contribution is 5.82. The monoisotopic (exact) mass is 370 g/mol. The molecule has 8 heteroatoms. The molecule has 1 saturated heterocycles. The van der Waals surface area contributed by atoms with Crippen molar-refractivity contribution in [1.29, 1.82) is 0 Å². The molecule has 0 saturated carbocycles. The van der Waals surface area contributed by atoms with E-state index in [0.717, 1.165) is 18.2 Å². The van der Waals surface area contributed by atoms with E-state index in [9.17, 15) is 18.4 Å². The predicted molar refractivity (Wildman–Crippen MR) is 95.5 cm³/mol. The topological polar surface area (TPSA) is 57.9 Å². The second kappa shape index (κ2) is 6.79. The molecule has 0 bridgehead atoms. The van der Waals surface area contributed by atoms with Crippen LogP contribution < -0.4 is 10.5 Å². The van der Waals surface area contributed by atoms with Gasteiger partial charge in [0.05, 0.1) is 6.54 Å². The van der Waals surface area contributed by atoms with Gasteiger partial charge in [-0.1, -0.05) is 6.07 Å². The van der Waals surface area contributed by atoms with Crippen molar-refractivity contribution in [1.82, 2.24) is 14.3 Å². The van der Waals surface area contributed by atoms with Crippen molar-refractivity contribution in [3.8, 4) is 0 Å². The van der Waals surface area contributed by atoms with Crippen molar-refractivity contribution >= 4 is 17.4 Å². The molecule has 1 aliphatic heterocycles. The second-order valence-electron chi connectivity index (χ2n) is 6.35. The molecule has 3 aromatic rings. The summed E-state index contributed by atoms with van der Waals surface area (Å²) in [5.41, 5.74) is 0.405. The van der Waals surface area contributed by atoms with Crippen molar-refractivity contribution in [2.75, 3.05) is 24.5 Å². The zero-order chi connectivity index (χ0) is 19.0. The summed E-state index contributed by atoms with van der Waals surface area (Å²) in [6.45, 7) is 0.791. The number of aromatic nitrogens is 2. The average molecular weight is 370 g/mol. The van der Waals surface area contributed by atoms with E-state index in [2.05, 4.69) is 4.98 Å².